The van der Waals surface area contributed by atoms with Gasteiger partial charge in [-0.05, 0) is 54.5 Å². The van der Waals surface area contributed by atoms with Gasteiger partial charge in [-0.15, -0.1) is 0 Å². The summed E-state index contributed by atoms with van der Waals surface area (Å²) < 4.78 is 0. The first kappa shape index (κ1) is 49.4. The number of carbonyl (C=O) groups excluding carboxylic acids is 7. The average Bonchev–Trinajstić information content (AvgIpc) is 3.71. The van der Waals surface area contributed by atoms with Gasteiger partial charge in [-0.25, -0.2) is 0 Å². The molecule has 0 spiro atoms. The molecule has 0 aliphatic heterocycles. The summed E-state index contributed by atoms with van der Waals surface area (Å²) in [5.74, 6) is -4.79. The van der Waals surface area contributed by atoms with E-state index in [1.807, 2.05) is 36.4 Å². The highest BCUT2D eigenvalue weighted by atomic mass is 16.3. The number of aliphatic hydroxyl groups is 1. The number of carbonyl (C=O) groups is 7. The van der Waals surface area contributed by atoms with Gasteiger partial charge in [0.1, 0.15) is 36.3 Å². The lowest BCUT2D eigenvalue weighted by molar-refractivity contribution is -0.136. The number of nitrogens with one attached hydrogen (secondary N) is 7. The lowest BCUT2D eigenvalue weighted by atomic mass is 9.84. The number of nitrogens with two attached hydrogens (primary N) is 2. The molecule has 0 radical (unpaired) electrons. The topological polar surface area (TPSA) is 280 Å². The maximum Gasteiger partial charge on any atom is 0.245 e. The molecule has 1 aromatic heterocycles. The van der Waals surface area contributed by atoms with E-state index >= 15 is 0 Å². The second kappa shape index (κ2) is 25.0. The monoisotopic (exact) mass is 893 g/mol. The van der Waals surface area contributed by atoms with Crippen molar-refractivity contribution < 1.29 is 38.7 Å². The first-order chi connectivity index (χ1) is 31.3. The minimum Gasteiger partial charge on any atom is -0.394 e. The van der Waals surface area contributed by atoms with Gasteiger partial charge in [-0.3, -0.25) is 33.6 Å². The molecule has 0 unspecified atom stereocenters. The third-order valence-corrected chi connectivity index (χ3v) is 11.7. The second-order valence-electron chi connectivity index (χ2n) is 16.8. The van der Waals surface area contributed by atoms with E-state index in [2.05, 4.69) is 36.9 Å². The molecule has 7 amide bonds. The van der Waals surface area contributed by atoms with Crippen molar-refractivity contribution in [2.75, 3.05) is 13.2 Å². The summed E-state index contributed by atoms with van der Waals surface area (Å²) in [6, 6.07) is 18.3. The zero-order chi connectivity index (χ0) is 46.7. The summed E-state index contributed by atoms with van der Waals surface area (Å²) in [4.78, 5) is 98.0. The van der Waals surface area contributed by atoms with Crippen LogP contribution in [0.5, 0.6) is 0 Å². The van der Waals surface area contributed by atoms with Crippen LogP contribution in [0.4, 0.5) is 0 Å². The standard InChI is InChI=1S/C48H63N9O8/c1-30(59)52-39(25-32-16-7-3-8-17-32)45(62)53-37(22-13-23-49)44(61)57-42(29-58)48(65)55-40(26-33-18-9-4-10-19-33)46(63)56-41(27-34-28-51-36-21-12-11-20-35(34)36)47(64)54-38(43(50)60)24-31-14-5-2-6-15-31/h2-3,5-8,11-12,14-17,20-21,28,33,37-42,51,58H,4,9-10,13,18-19,22-27,29,49H2,1H3,(H2,50,60)(H,52,59)(H,53,62)(H,54,64)(H,55,65)(H,56,63)(H,57,61)/t37-,38-,39-,40-,41-,42-/m0/s1. The van der Waals surface area contributed by atoms with Crippen LogP contribution in [0.2, 0.25) is 0 Å². The minimum absolute atomic E-state index is 0.0157. The quantitative estimate of drug-likeness (QED) is 0.0485. The van der Waals surface area contributed by atoms with Crippen molar-refractivity contribution in [3.05, 3.63) is 108 Å². The number of hydrogen-bond donors (Lipinski definition) is 10. The molecule has 17 heteroatoms. The largest absolute Gasteiger partial charge is 0.394 e. The van der Waals surface area contributed by atoms with E-state index in [9.17, 15) is 38.7 Å². The van der Waals surface area contributed by atoms with E-state index in [1.54, 1.807) is 54.7 Å². The Morgan fingerprint density at radius 3 is 1.71 bits per heavy atom. The number of H-pyrrole nitrogens is 1. The molecule has 65 heavy (non-hydrogen) atoms. The lowest BCUT2D eigenvalue weighted by Gasteiger charge is -2.30. The molecule has 1 fully saturated rings. The van der Waals surface area contributed by atoms with Crippen LogP contribution in [0, 0.1) is 5.92 Å². The molecule has 0 bridgehead atoms. The fourth-order valence-corrected chi connectivity index (χ4v) is 8.24. The Morgan fingerprint density at radius 2 is 1.11 bits per heavy atom. The van der Waals surface area contributed by atoms with Crippen LogP contribution in [0.15, 0.2) is 91.1 Å². The lowest BCUT2D eigenvalue weighted by Crippen LogP contribution is -2.61. The Kier molecular flexibility index (Phi) is 19.0. The first-order valence-corrected chi connectivity index (χ1v) is 22.4. The van der Waals surface area contributed by atoms with Crippen molar-refractivity contribution in [2.24, 2.45) is 17.4 Å². The Morgan fingerprint density at radius 1 is 0.615 bits per heavy atom. The minimum atomic E-state index is -1.54. The Hall–Kier alpha value is -6.59. The number of aliphatic hydroxyl groups excluding tert-OH is 1. The van der Waals surface area contributed by atoms with Gasteiger partial charge in [0, 0.05) is 43.3 Å². The van der Waals surface area contributed by atoms with E-state index in [4.69, 9.17) is 11.5 Å². The van der Waals surface area contributed by atoms with Gasteiger partial charge in [0.05, 0.1) is 6.61 Å². The first-order valence-electron chi connectivity index (χ1n) is 22.4. The average molecular weight is 894 g/mol. The fraction of sp³-hybridized carbons (Fsp3) is 0.438. The Balaban J connectivity index is 1.35. The molecular formula is C48H63N9O8. The predicted molar refractivity (Wildman–Crippen MR) is 245 cm³/mol. The van der Waals surface area contributed by atoms with Gasteiger partial charge in [0.2, 0.25) is 41.4 Å². The SMILES string of the molecule is CC(=O)N[C@@H](Cc1ccccc1)C(=O)N[C@@H](CCCN)C(=O)N[C@@H](CO)C(=O)N[C@@H](CC1CCCCC1)C(=O)N[C@@H](Cc1c[nH]c2ccccc12)C(=O)N[C@@H](Cc1ccccc1)C(N)=O. The van der Waals surface area contributed by atoms with Gasteiger partial charge in [-0.2, -0.15) is 0 Å². The molecule has 4 aromatic rings. The van der Waals surface area contributed by atoms with Crippen LogP contribution in [0.25, 0.3) is 10.9 Å². The highest BCUT2D eigenvalue weighted by Crippen LogP contribution is 2.28. The summed E-state index contributed by atoms with van der Waals surface area (Å²) in [5.41, 5.74) is 14.6. The maximum absolute atomic E-state index is 14.5. The van der Waals surface area contributed by atoms with Crippen molar-refractivity contribution in [3.8, 4) is 0 Å². The van der Waals surface area contributed by atoms with Crippen molar-refractivity contribution in [1.82, 2.24) is 36.9 Å². The zero-order valence-corrected chi connectivity index (χ0v) is 36.9. The summed E-state index contributed by atoms with van der Waals surface area (Å²) in [5, 5.41) is 27.5. The van der Waals surface area contributed by atoms with E-state index < -0.39 is 84.2 Å². The molecule has 1 aliphatic rings. The van der Waals surface area contributed by atoms with Crippen molar-refractivity contribution >= 4 is 52.3 Å². The highest BCUT2D eigenvalue weighted by Gasteiger charge is 2.35. The van der Waals surface area contributed by atoms with Crippen LogP contribution < -0.4 is 43.4 Å². The third kappa shape index (κ3) is 15.3. The van der Waals surface area contributed by atoms with E-state index in [0.717, 1.165) is 59.7 Å². The molecule has 5 rings (SSSR count). The molecular weight excluding hydrogens is 831 g/mol. The van der Waals surface area contributed by atoms with E-state index in [1.165, 1.54) is 6.92 Å². The zero-order valence-electron chi connectivity index (χ0n) is 36.9. The van der Waals surface area contributed by atoms with Crippen LogP contribution in [0.1, 0.15) is 75.0 Å². The molecule has 12 N–H and O–H groups in total. The molecule has 348 valence electrons. The Bertz CT molecular complexity index is 2210. The van der Waals surface area contributed by atoms with Gasteiger partial charge in [-0.1, -0.05) is 111 Å². The summed E-state index contributed by atoms with van der Waals surface area (Å²) >= 11 is 0. The number of rotatable bonds is 24. The van der Waals surface area contributed by atoms with Gasteiger partial charge >= 0.3 is 0 Å². The molecule has 17 nitrogen and oxygen atoms in total. The van der Waals surface area contributed by atoms with Crippen LogP contribution >= 0.6 is 0 Å². The smallest absolute Gasteiger partial charge is 0.245 e. The summed E-state index contributed by atoms with van der Waals surface area (Å²) in [7, 11) is 0. The molecule has 1 saturated carbocycles. The third-order valence-electron chi connectivity index (χ3n) is 11.7. The van der Waals surface area contributed by atoms with Crippen molar-refractivity contribution in [3.63, 3.8) is 0 Å². The number of benzene rings is 3. The van der Waals surface area contributed by atoms with Crippen LogP contribution in [0.3, 0.4) is 0 Å². The second-order valence-corrected chi connectivity index (χ2v) is 16.8. The van der Waals surface area contributed by atoms with Crippen LogP contribution in [-0.4, -0.2) is 101 Å². The molecule has 1 heterocycles. The Labute approximate surface area is 379 Å². The number of fused-ring (bicyclic) bond motifs is 1. The number of aromatic nitrogens is 1. The maximum atomic E-state index is 14.5. The van der Waals surface area contributed by atoms with E-state index in [0.29, 0.717) is 6.42 Å². The molecule has 1 aliphatic carbocycles. The van der Waals surface area contributed by atoms with Crippen molar-refractivity contribution in [1.29, 1.82) is 0 Å². The van der Waals surface area contributed by atoms with Gasteiger partial charge in [0.25, 0.3) is 0 Å². The molecule has 0 saturated heterocycles. The molecule has 6 atom stereocenters. The normalized spacial score (nSPS) is 15.6. The highest BCUT2D eigenvalue weighted by molar-refractivity contribution is 5.97. The van der Waals surface area contributed by atoms with E-state index in [-0.39, 0.29) is 44.6 Å². The van der Waals surface area contributed by atoms with Gasteiger partial charge < -0.3 is 53.5 Å². The fourth-order valence-electron chi connectivity index (χ4n) is 8.24. The molecule has 3 aromatic carbocycles. The van der Waals surface area contributed by atoms with Crippen molar-refractivity contribution in [2.45, 2.75) is 114 Å². The summed E-state index contributed by atoms with van der Waals surface area (Å²) in [6.07, 6.45) is 7.17. The predicted octanol–water partition coefficient (Wildman–Crippen LogP) is 1.31. The van der Waals surface area contributed by atoms with Gasteiger partial charge in [0.15, 0.2) is 0 Å². The summed E-state index contributed by atoms with van der Waals surface area (Å²) in [6.45, 7) is 0.620. The number of aromatic amines is 1. The number of para-hydroxylation sites is 1. The van der Waals surface area contributed by atoms with Crippen LogP contribution in [-0.2, 0) is 52.8 Å². The number of amides is 7. The number of hydrogen-bond acceptors (Lipinski definition) is 9. The number of primary amides is 1.